The zero-order chi connectivity index (χ0) is 12.5. The van der Waals surface area contributed by atoms with Gasteiger partial charge < -0.3 is 5.11 Å². The smallest absolute Gasteiger partial charge is 0.126 e. The number of halogens is 2. The number of benzene rings is 1. The molecule has 2 rings (SSSR count). The molecule has 1 saturated carbocycles. The topological polar surface area (TPSA) is 20.2 Å². The van der Waals surface area contributed by atoms with Gasteiger partial charge in [-0.15, -0.1) is 0 Å². The van der Waals surface area contributed by atoms with Crippen LogP contribution in [0.15, 0.2) is 18.2 Å². The molecule has 1 aliphatic carbocycles. The molecule has 0 bridgehead atoms. The summed E-state index contributed by atoms with van der Waals surface area (Å²) in [4.78, 5) is 0. The van der Waals surface area contributed by atoms with E-state index in [1.54, 1.807) is 6.07 Å². The molecule has 0 aromatic heterocycles. The molecule has 94 valence electrons. The van der Waals surface area contributed by atoms with Crippen LogP contribution in [0, 0.1) is 11.7 Å². The molecule has 0 saturated heterocycles. The van der Waals surface area contributed by atoms with Gasteiger partial charge in [0.05, 0.1) is 5.60 Å². The second kappa shape index (κ2) is 4.95. The van der Waals surface area contributed by atoms with Crippen molar-refractivity contribution in [1.82, 2.24) is 0 Å². The Kier molecular flexibility index (Phi) is 3.74. The van der Waals surface area contributed by atoms with Gasteiger partial charge >= 0.3 is 0 Å². The third-order valence-corrected chi connectivity index (χ3v) is 3.83. The minimum atomic E-state index is -0.761. The number of hydrogen-bond acceptors (Lipinski definition) is 1. The Morgan fingerprint density at radius 2 is 2.29 bits per heavy atom. The van der Waals surface area contributed by atoms with Crippen LogP contribution in [0.5, 0.6) is 0 Å². The minimum Gasteiger partial charge on any atom is -0.390 e. The predicted molar refractivity (Wildman–Crippen MR) is 67.7 cm³/mol. The summed E-state index contributed by atoms with van der Waals surface area (Å²) in [6, 6.07) is 4.52. The Labute approximate surface area is 107 Å². The summed E-state index contributed by atoms with van der Waals surface area (Å²) in [5.41, 5.74) is -0.238. The van der Waals surface area contributed by atoms with Crippen LogP contribution in [0.25, 0.3) is 0 Å². The van der Waals surface area contributed by atoms with E-state index < -0.39 is 5.60 Å². The van der Waals surface area contributed by atoms with E-state index in [0.29, 0.717) is 22.9 Å². The maximum absolute atomic E-state index is 13.6. The molecule has 17 heavy (non-hydrogen) atoms. The number of rotatable bonds is 2. The molecule has 2 unspecified atom stereocenters. The summed E-state index contributed by atoms with van der Waals surface area (Å²) in [7, 11) is 0. The lowest BCUT2D eigenvalue weighted by molar-refractivity contribution is -0.0130. The van der Waals surface area contributed by atoms with Crippen molar-refractivity contribution >= 4 is 11.6 Å². The van der Waals surface area contributed by atoms with E-state index in [2.05, 4.69) is 6.92 Å². The van der Waals surface area contributed by atoms with Crippen LogP contribution in [0.4, 0.5) is 4.39 Å². The van der Waals surface area contributed by atoms with Gasteiger partial charge in [-0.1, -0.05) is 31.4 Å². The van der Waals surface area contributed by atoms with Crippen molar-refractivity contribution in [3.05, 3.63) is 34.6 Å². The minimum absolute atomic E-state index is 0.277. The quantitative estimate of drug-likeness (QED) is 0.849. The highest BCUT2D eigenvalue weighted by Crippen LogP contribution is 2.35. The summed E-state index contributed by atoms with van der Waals surface area (Å²) in [5, 5.41) is 11.0. The molecule has 1 nitrogen and oxygen atoms in total. The molecule has 3 heteroatoms. The maximum atomic E-state index is 13.6. The number of aliphatic hydroxyl groups is 1. The van der Waals surface area contributed by atoms with E-state index in [1.165, 1.54) is 12.1 Å². The van der Waals surface area contributed by atoms with Crippen LogP contribution in [0.3, 0.4) is 0 Å². The highest BCUT2D eigenvalue weighted by atomic mass is 35.5. The first kappa shape index (κ1) is 12.8. The van der Waals surface area contributed by atoms with E-state index in [9.17, 15) is 9.50 Å². The predicted octanol–water partition coefficient (Wildman–Crippen LogP) is 3.96. The number of hydrogen-bond donors (Lipinski definition) is 1. The van der Waals surface area contributed by atoms with Crippen LogP contribution in [-0.4, -0.2) is 10.7 Å². The zero-order valence-electron chi connectivity index (χ0n) is 10.0. The third-order valence-electron chi connectivity index (χ3n) is 3.59. The second-order valence-corrected chi connectivity index (χ2v) is 5.77. The largest absolute Gasteiger partial charge is 0.390 e. The van der Waals surface area contributed by atoms with Gasteiger partial charge in [-0.2, -0.15) is 0 Å². The van der Waals surface area contributed by atoms with Crippen molar-refractivity contribution in [1.29, 1.82) is 0 Å². The molecule has 1 N–H and O–H groups in total. The van der Waals surface area contributed by atoms with Crippen molar-refractivity contribution in [2.75, 3.05) is 0 Å². The molecule has 1 aliphatic rings. The van der Waals surface area contributed by atoms with Gasteiger partial charge in [0.15, 0.2) is 0 Å². The van der Waals surface area contributed by atoms with Crippen LogP contribution < -0.4 is 0 Å². The van der Waals surface area contributed by atoms with Crippen molar-refractivity contribution < 1.29 is 9.50 Å². The lowest BCUT2D eigenvalue weighted by Gasteiger charge is -2.35. The van der Waals surface area contributed by atoms with E-state index in [4.69, 9.17) is 11.6 Å². The maximum Gasteiger partial charge on any atom is 0.126 e. The summed E-state index contributed by atoms with van der Waals surface area (Å²) in [5.74, 6) is 0.233. The average Bonchev–Trinajstić information content (AvgIpc) is 2.22. The second-order valence-electron chi connectivity index (χ2n) is 5.34. The van der Waals surface area contributed by atoms with Gasteiger partial charge in [0.2, 0.25) is 0 Å². The fourth-order valence-electron chi connectivity index (χ4n) is 2.83. The summed E-state index contributed by atoms with van der Waals surface area (Å²) < 4.78 is 13.6. The van der Waals surface area contributed by atoms with Crippen molar-refractivity contribution in [2.45, 2.75) is 44.6 Å². The van der Waals surface area contributed by atoms with Crippen molar-refractivity contribution in [2.24, 2.45) is 5.92 Å². The Bertz CT molecular complexity index is 407. The Hall–Kier alpha value is -0.600. The first-order valence-corrected chi connectivity index (χ1v) is 6.53. The molecular formula is C14H18ClFO. The molecule has 1 aromatic rings. The van der Waals surface area contributed by atoms with E-state index in [1.807, 2.05) is 0 Å². The molecular weight excluding hydrogens is 239 g/mol. The lowest BCUT2D eigenvalue weighted by atomic mass is 9.76. The average molecular weight is 257 g/mol. The molecule has 0 amide bonds. The summed E-state index contributed by atoms with van der Waals surface area (Å²) in [6.45, 7) is 2.14. The van der Waals surface area contributed by atoms with Gasteiger partial charge in [0.1, 0.15) is 5.82 Å². The fourth-order valence-corrected chi connectivity index (χ4v) is 3.02. The SMILES string of the molecule is CC1CCCC(O)(Cc2cc(Cl)ccc2F)C1. The monoisotopic (exact) mass is 256 g/mol. The lowest BCUT2D eigenvalue weighted by Crippen LogP contribution is -2.37. The normalized spacial score (nSPS) is 29.3. The fraction of sp³-hybridized carbons (Fsp3) is 0.571. The van der Waals surface area contributed by atoms with Gasteiger partial charge in [-0.3, -0.25) is 0 Å². The van der Waals surface area contributed by atoms with Crippen LogP contribution in [0.1, 0.15) is 38.2 Å². The molecule has 1 fully saturated rings. The van der Waals surface area contributed by atoms with E-state index in [-0.39, 0.29) is 5.82 Å². The standard InChI is InChI=1S/C14H18ClFO/c1-10-3-2-6-14(17,8-10)9-11-7-12(15)4-5-13(11)16/h4-5,7,10,17H,2-3,6,8-9H2,1H3. The van der Waals surface area contributed by atoms with Crippen molar-refractivity contribution in [3.8, 4) is 0 Å². The Morgan fingerprint density at radius 1 is 1.53 bits per heavy atom. The first-order valence-electron chi connectivity index (χ1n) is 6.15. The first-order chi connectivity index (χ1) is 7.98. The van der Waals surface area contributed by atoms with Crippen molar-refractivity contribution in [3.63, 3.8) is 0 Å². The zero-order valence-corrected chi connectivity index (χ0v) is 10.8. The highest BCUT2D eigenvalue weighted by Gasteiger charge is 2.33. The molecule has 0 heterocycles. The van der Waals surface area contributed by atoms with Crippen LogP contribution in [-0.2, 0) is 6.42 Å². The Morgan fingerprint density at radius 3 is 3.00 bits per heavy atom. The van der Waals surface area contributed by atoms with Crippen LogP contribution >= 0.6 is 11.6 Å². The van der Waals surface area contributed by atoms with Gasteiger partial charge in [0, 0.05) is 11.4 Å². The van der Waals surface area contributed by atoms with Gasteiger partial charge in [0.25, 0.3) is 0 Å². The molecule has 1 aromatic carbocycles. The molecule has 0 aliphatic heterocycles. The van der Waals surface area contributed by atoms with Crippen LogP contribution in [0.2, 0.25) is 5.02 Å². The summed E-state index contributed by atoms with van der Waals surface area (Å²) >= 11 is 5.86. The molecule has 2 atom stereocenters. The van der Waals surface area contributed by atoms with E-state index >= 15 is 0 Å². The van der Waals surface area contributed by atoms with Gasteiger partial charge in [-0.25, -0.2) is 4.39 Å². The molecule has 0 radical (unpaired) electrons. The molecule has 0 spiro atoms. The Balaban J connectivity index is 2.16. The van der Waals surface area contributed by atoms with Gasteiger partial charge in [-0.05, 0) is 42.5 Å². The summed E-state index contributed by atoms with van der Waals surface area (Å²) in [6.07, 6.45) is 4.03. The third kappa shape index (κ3) is 3.20. The van der Waals surface area contributed by atoms with E-state index in [0.717, 1.165) is 25.7 Å². The highest BCUT2D eigenvalue weighted by molar-refractivity contribution is 6.30.